The van der Waals surface area contributed by atoms with E-state index in [9.17, 15) is 17.6 Å². The van der Waals surface area contributed by atoms with Crippen LogP contribution in [0.5, 0.6) is 5.75 Å². The van der Waals surface area contributed by atoms with Crippen molar-refractivity contribution >= 4 is 45.4 Å². The zero-order chi connectivity index (χ0) is 25.9. The van der Waals surface area contributed by atoms with Crippen LogP contribution in [0.25, 0.3) is 12.2 Å². The summed E-state index contributed by atoms with van der Waals surface area (Å²) in [4.78, 5) is 12.8. The minimum atomic E-state index is -4.04. The second-order valence-electron chi connectivity index (χ2n) is 8.36. The van der Waals surface area contributed by atoms with E-state index in [-0.39, 0.29) is 40.9 Å². The van der Waals surface area contributed by atoms with Crippen molar-refractivity contribution in [3.8, 4) is 5.75 Å². The number of anilines is 1. The number of nitrogens with one attached hydrogen (secondary N) is 1. The van der Waals surface area contributed by atoms with E-state index in [1.165, 1.54) is 36.6 Å². The number of aromatic nitrogens is 1. The average molecular weight is 534 g/mol. The number of rotatable bonds is 7. The third-order valence-electron chi connectivity index (χ3n) is 5.92. The molecule has 0 radical (unpaired) electrons. The molecule has 2 heterocycles. The molecule has 0 aliphatic carbocycles. The lowest BCUT2D eigenvalue weighted by Crippen LogP contribution is -2.43. The van der Waals surface area contributed by atoms with E-state index in [4.69, 9.17) is 20.9 Å². The SMILES string of the molecule is COc1ccc(NC(=O)[C@H]2CCCN(S(=O)(=O)c3c(C)noc3/C=C/c3ccccc3F)C2)cc1Cl. The summed E-state index contributed by atoms with van der Waals surface area (Å²) in [5.41, 5.74) is 0.951. The minimum Gasteiger partial charge on any atom is -0.495 e. The Bertz CT molecular complexity index is 1410. The second-order valence-corrected chi connectivity index (χ2v) is 10.6. The van der Waals surface area contributed by atoms with Crippen molar-refractivity contribution in [3.63, 3.8) is 0 Å². The maximum Gasteiger partial charge on any atom is 0.248 e. The quantitative estimate of drug-likeness (QED) is 0.459. The summed E-state index contributed by atoms with van der Waals surface area (Å²) in [5.74, 6) is -0.842. The van der Waals surface area contributed by atoms with Crippen molar-refractivity contribution in [2.45, 2.75) is 24.7 Å². The summed E-state index contributed by atoms with van der Waals surface area (Å²) in [7, 11) is -2.54. The van der Waals surface area contributed by atoms with E-state index in [0.29, 0.717) is 29.3 Å². The number of hydrogen-bond donors (Lipinski definition) is 1. The van der Waals surface area contributed by atoms with Crippen LogP contribution in [0.1, 0.15) is 29.9 Å². The maximum atomic E-state index is 14.0. The zero-order valence-electron chi connectivity index (χ0n) is 19.7. The molecule has 1 saturated heterocycles. The van der Waals surface area contributed by atoms with Crippen molar-refractivity contribution < 1.29 is 26.9 Å². The lowest BCUT2D eigenvalue weighted by atomic mass is 9.98. The van der Waals surface area contributed by atoms with Gasteiger partial charge < -0.3 is 14.6 Å². The van der Waals surface area contributed by atoms with Crippen molar-refractivity contribution in [1.29, 1.82) is 0 Å². The molecule has 1 amide bonds. The lowest BCUT2D eigenvalue weighted by Gasteiger charge is -2.31. The Hall–Kier alpha value is -3.21. The summed E-state index contributed by atoms with van der Waals surface area (Å²) in [6.07, 6.45) is 3.85. The highest BCUT2D eigenvalue weighted by Gasteiger charge is 2.37. The van der Waals surface area contributed by atoms with Crippen LogP contribution >= 0.6 is 11.6 Å². The Morgan fingerprint density at radius 1 is 1.28 bits per heavy atom. The van der Waals surface area contributed by atoms with E-state index in [1.807, 2.05) is 0 Å². The van der Waals surface area contributed by atoms with Gasteiger partial charge >= 0.3 is 0 Å². The number of hydrogen-bond acceptors (Lipinski definition) is 6. The van der Waals surface area contributed by atoms with Crippen LogP contribution in [0.3, 0.4) is 0 Å². The minimum absolute atomic E-state index is 0.000852. The molecule has 1 aliphatic rings. The normalized spacial score (nSPS) is 16.8. The molecule has 1 aromatic heterocycles. The van der Waals surface area contributed by atoms with Gasteiger partial charge in [-0.1, -0.05) is 35.0 Å². The van der Waals surface area contributed by atoms with Crippen LogP contribution in [-0.2, 0) is 14.8 Å². The van der Waals surface area contributed by atoms with Crippen LogP contribution in [0, 0.1) is 18.7 Å². The van der Waals surface area contributed by atoms with Gasteiger partial charge in [-0.05, 0) is 56.2 Å². The maximum absolute atomic E-state index is 14.0. The Morgan fingerprint density at radius 3 is 2.78 bits per heavy atom. The third kappa shape index (κ3) is 5.45. The molecule has 4 rings (SSSR count). The number of carbonyl (C=O) groups excluding carboxylic acids is 1. The number of carbonyl (C=O) groups is 1. The fraction of sp³-hybridized carbons (Fsp3) is 0.280. The molecule has 8 nitrogen and oxygen atoms in total. The summed E-state index contributed by atoms with van der Waals surface area (Å²) >= 11 is 6.14. The van der Waals surface area contributed by atoms with Gasteiger partial charge in [0.05, 0.1) is 18.1 Å². The van der Waals surface area contributed by atoms with E-state index >= 15 is 0 Å². The molecular weight excluding hydrogens is 509 g/mol. The molecule has 1 aliphatic heterocycles. The summed E-state index contributed by atoms with van der Waals surface area (Å²) in [5, 5.41) is 6.97. The fourth-order valence-corrected chi connectivity index (χ4v) is 6.10. The molecule has 0 unspecified atom stereocenters. The summed E-state index contributed by atoms with van der Waals surface area (Å²) in [6, 6.07) is 11.0. The first-order valence-electron chi connectivity index (χ1n) is 11.2. The summed E-state index contributed by atoms with van der Waals surface area (Å²) in [6.45, 7) is 1.78. The largest absolute Gasteiger partial charge is 0.495 e. The predicted octanol–water partition coefficient (Wildman–Crippen LogP) is 4.99. The molecule has 190 valence electrons. The standard InChI is InChI=1S/C25H25ClFN3O5S/c1-16-24(23(35-29-16)11-9-17-6-3-4-8-21(17)27)36(32,33)30-13-5-7-18(15-30)25(31)28-19-10-12-22(34-2)20(26)14-19/h3-4,6,8-12,14,18H,5,7,13,15H2,1-2H3,(H,28,31)/b11-9+/t18-/m0/s1. The molecule has 1 fully saturated rings. The van der Waals surface area contributed by atoms with Crippen LogP contribution in [-0.4, -0.2) is 44.0 Å². The van der Waals surface area contributed by atoms with Crippen LogP contribution in [0.4, 0.5) is 10.1 Å². The van der Waals surface area contributed by atoms with E-state index in [1.54, 1.807) is 36.4 Å². The first kappa shape index (κ1) is 25.9. The number of methoxy groups -OCH3 is 1. The van der Waals surface area contributed by atoms with Crippen molar-refractivity contribution in [1.82, 2.24) is 9.46 Å². The first-order valence-corrected chi connectivity index (χ1v) is 13.1. The predicted molar refractivity (Wildman–Crippen MR) is 135 cm³/mol. The van der Waals surface area contributed by atoms with Gasteiger partial charge in [-0.15, -0.1) is 0 Å². The number of aryl methyl sites for hydroxylation is 1. The molecule has 0 bridgehead atoms. The summed E-state index contributed by atoms with van der Waals surface area (Å²) < 4.78 is 52.7. The topological polar surface area (TPSA) is 102 Å². The van der Waals surface area contributed by atoms with Gasteiger partial charge in [0.25, 0.3) is 0 Å². The molecule has 36 heavy (non-hydrogen) atoms. The molecule has 11 heteroatoms. The van der Waals surface area contributed by atoms with Crippen molar-refractivity contribution in [2.24, 2.45) is 5.92 Å². The van der Waals surface area contributed by atoms with E-state index in [2.05, 4.69) is 10.5 Å². The molecule has 2 aromatic carbocycles. The van der Waals surface area contributed by atoms with E-state index in [0.717, 1.165) is 0 Å². The van der Waals surface area contributed by atoms with Gasteiger partial charge in [-0.25, -0.2) is 12.8 Å². The van der Waals surface area contributed by atoms with Gasteiger partial charge in [0.2, 0.25) is 15.9 Å². The number of benzene rings is 2. The number of piperidine rings is 1. The Kier molecular flexibility index (Phi) is 7.77. The van der Waals surface area contributed by atoms with Crippen molar-refractivity contribution in [2.75, 3.05) is 25.5 Å². The zero-order valence-corrected chi connectivity index (χ0v) is 21.3. The molecule has 0 spiro atoms. The van der Waals surface area contributed by atoms with Gasteiger partial charge in [-0.2, -0.15) is 4.31 Å². The molecule has 3 aromatic rings. The smallest absolute Gasteiger partial charge is 0.248 e. The Morgan fingerprint density at radius 2 is 2.06 bits per heavy atom. The number of ether oxygens (including phenoxy) is 1. The Balaban J connectivity index is 1.52. The highest BCUT2D eigenvalue weighted by molar-refractivity contribution is 7.89. The van der Waals surface area contributed by atoms with Crippen LogP contribution < -0.4 is 10.1 Å². The molecule has 1 atom stereocenters. The monoisotopic (exact) mass is 533 g/mol. The molecule has 0 saturated carbocycles. The average Bonchev–Trinajstić information content (AvgIpc) is 3.24. The number of nitrogens with zero attached hydrogens (tertiary/aromatic N) is 2. The van der Waals surface area contributed by atoms with Crippen LogP contribution in [0.15, 0.2) is 51.9 Å². The highest BCUT2D eigenvalue weighted by Crippen LogP contribution is 2.31. The number of amides is 1. The third-order valence-corrected chi connectivity index (χ3v) is 8.24. The van der Waals surface area contributed by atoms with Gasteiger partial charge in [-0.3, -0.25) is 4.79 Å². The van der Waals surface area contributed by atoms with Gasteiger partial charge in [0.1, 0.15) is 17.3 Å². The fourth-order valence-electron chi connectivity index (χ4n) is 4.07. The number of halogens is 2. The molecule has 1 N–H and O–H groups in total. The highest BCUT2D eigenvalue weighted by atomic mass is 35.5. The lowest BCUT2D eigenvalue weighted by molar-refractivity contribution is -0.120. The van der Waals surface area contributed by atoms with Gasteiger partial charge in [0, 0.05) is 24.3 Å². The second kappa shape index (κ2) is 10.8. The number of sulfonamides is 1. The first-order chi connectivity index (χ1) is 17.2. The van der Waals surface area contributed by atoms with Crippen molar-refractivity contribution in [3.05, 3.63) is 70.3 Å². The van der Waals surface area contributed by atoms with E-state index < -0.39 is 21.8 Å². The van der Waals surface area contributed by atoms with Crippen LogP contribution in [0.2, 0.25) is 5.02 Å². The Labute approximate surface area is 213 Å². The van der Waals surface area contributed by atoms with Gasteiger partial charge in [0.15, 0.2) is 10.7 Å². The molecular formula is C25H25ClFN3O5S.